The average Bonchev–Trinajstić information content (AvgIpc) is 2.65. The Morgan fingerprint density at radius 3 is 2.79 bits per heavy atom. The molecule has 0 saturated carbocycles. The molecule has 0 spiro atoms. The van der Waals surface area contributed by atoms with Crippen LogP contribution in [0.25, 0.3) is 16.7 Å². The fourth-order valence-electron chi connectivity index (χ4n) is 2.15. The van der Waals surface area contributed by atoms with Crippen LogP contribution >= 0.6 is 28.1 Å². The number of hydrogen-bond acceptors (Lipinski definition) is 1. The number of rotatable bonds is 1. The molecule has 1 aromatic heterocycles. The Morgan fingerprint density at radius 1 is 1.26 bits per heavy atom. The largest absolute Gasteiger partial charge is 0.330 e. The molecule has 0 unspecified atom stereocenters. The molecule has 1 heterocycles. The van der Waals surface area contributed by atoms with Crippen LogP contribution in [0.1, 0.15) is 5.56 Å². The van der Waals surface area contributed by atoms with Gasteiger partial charge < -0.3 is 4.98 Å². The molecule has 1 N–H and O–H groups in total. The second-order valence-electron chi connectivity index (χ2n) is 4.36. The monoisotopic (exact) mass is 336 g/mol. The van der Waals surface area contributed by atoms with Crippen molar-refractivity contribution >= 4 is 39.2 Å². The number of hydrogen-bond donors (Lipinski definition) is 1. The smallest absolute Gasteiger partial charge is 0.182 e. The van der Waals surface area contributed by atoms with Gasteiger partial charge in [0.25, 0.3) is 0 Å². The van der Waals surface area contributed by atoms with Gasteiger partial charge in [-0.2, -0.15) is 0 Å². The van der Waals surface area contributed by atoms with Crippen molar-refractivity contribution < 1.29 is 4.39 Å². The van der Waals surface area contributed by atoms with E-state index < -0.39 is 0 Å². The number of nitrogens with zero attached hydrogens (tertiary/aromatic N) is 1. The summed E-state index contributed by atoms with van der Waals surface area (Å²) >= 11 is 8.70. The van der Waals surface area contributed by atoms with Crippen molar-refractivity contribution in [1.29, 1.82) is 0 Å². The predicted octanol–water partition coefficient (Wildman–Crippen LogP) is 4.90. The molecule has 3 rings (SSSR count). The number of benzene rings is 2. The lowest BCUT2D eigenvalue weighted by Crippen LogP contribution is -1.99. The number of imidazole rings is 1. The van der Waals surface area contributed by atoms with E-state index in [1.165, 1.54) is 6.07 Å². The second kappa shape index (κ2) is 4.58. The summed E-state index contributed by atoms with van der Waals surface area (Å²) in [5.41, 5.74) is 3.33. The maximum Gasteiger partial charge on any atom is 0.182 e. The van der Waals surface area contributed by atoms with E-state index in [1.54, 1.807) is 16.7 Å². The molecule has 5 heteroatoms. The molecule has 0 saturated heterocycles. The number of aromatic nitrogens is 2. The van der Waals surface area contributed by atoms with Gasteiger partial charge in [-0.25, -0.2) is 4.39 Å². The van der Waals surface area contributed by atoms with Gasteiger partial charge in [-0.05, 0) is 64.9 Å². The van der Waals surface area contributed by atoms with Gasteiger partial charge in [0, 0.05) is 4.47 Å². The van der Waals surface area contributed by atoms with E-state index in [0.717, 1.165) is 16.6 Å². The summed E-state index contributed by atoms with van der Waals surface area (Å²) in [5.74, 6) is -0.313. The fraction of sp³-hybridized carbons (Fsp3) is 0.0714. The SMILES string of the molecule is Cc1ccc2c(c1)[nH]c(=S)n2-c1c(F)cccc1Br. The Labute approximate surface area is 123 Å². The lowest BCUT2D eigenvalue weighted by atomic mass is 10.2. The molecule has 0 aliphatic heterocycles. The summed E-state index contributed by atoms with van der Waals surface area (Å²) in [6, 6.07) is 10.8. The zero-order chi connectivity index (χ0) is 13.6. The van der Waals surface area contributed by atoms with Crippen molar-refractivity contribution in [3.8, 4) is 5.69 Å². The second-order valence-corrected chi connectivity index (χ2v) is 5.60. The standard InChI is InChI=1S/C14H10BrFN2S/c1-8-5-6-12-11(7-8)17-14(19)18(12)13-9(15)3-2-4-10(13)16/h2-7H,1H3,(H,17,19). The van der Waals surface area contributed by atoms with Gasteiger partial charge in [0.15, 0.2) is 4.77 Å². The Hall–Kier alpha value is -1.46. The molecule has 0 fully saturated rings. The van der Waals surface area contributed by atoms with Gasteiger partial charge in [0.1, 0.15) is 5.82 Å². The summed E-state index contributed by atoms with van der Waals surface area (Å²) in [6.07, 6.45) is 0. The van der Waals surface area contributed by atoms with Crippen LogP contribution in [0.3, 0.4) is 0 Å². The molecule has 19 heavy (non-hydrogen) atoms. The summed E-state index contributed by atoms with van der Waals surface area (Å²) in [7, 11) is 0. The van der Waals surface area contributed by atoms with Crippen LogP contribution in [0.5, 0.6) is 0 Å². The first-order valence-electron chi connectivity index (χ1n) is 5.73. The summed E-state index contributed by atoms with van der Waals surface area (Å²) in [4.78, 5) is 3.11. The predicted molar refractivity (Wildman–Crippen MR) is 80.9 cm³/mol. The summed E-state index contributed by atoms with van der Waals surface area (Å²) < 4.78 is 17.0. The number of H-pyrrole nitrogens is 1. The minimum atomic E-state index is -0.313. The molecular formula is C14H10BrFN2S. The van der Waals surface area contributed by atoms with Gasteiger partial charge in [-0.3, -0.25) is 4.57 Å². The molecule has 0 radical (unpaired) electrons. The first-order chi connectivity index (χ1) is 9.08. The molecule has 3 aromatic rings. The van der Waals surface area contributed by atoms with Gasteiger partial charge >= 0.3 is 0 Å². The highest BCUT2D eigenvalue weighted by atomic mass is 79.9. The molecule has 2 nitrogen and oxygen atoms in total. The van der Waals surface area contributed by atoms with E-state index in [1.807, 2.05) is 25.1 Å². The van der Waals surface area contributed by atoms with Crippen molar-refractivity contribution in [3.05, 3.63) is 57.0 Å². The van der Waals surface area contributed by atoms with E-state index in [9.17, 15) is 4.39 Å². The van der Waals surface area contributed by atoms with E-state index in [4.69, 9.17) is 12.2 Å². The molecule has 0 aliphatic rings. The minimum absolute atomic E-state index is 0.313. The van der Waals surface area contributed by atoms with E-state index in [2.05, 4.69) is 20.9 Å². The molecule has 0 atom stereocenters. The number of halogens is 2. The highest BCUT2D eigenvalue weighted by Gasteiger charge is 2.13. The van der Waals surface area contributed by atoms with Crippen LogP contribution in [-0.2, 0) is 0 Å². The summed E-state index contributed by atoms with van der Waals surface area (Å²) in [5, 5.41) is 0. The lowest BCUT2D eigenvalue weighted by Gasteiger charge is -2.08. The van der Waals surface area contributed by atoms with Crippen molar-refractivity contribution in [1.82, 2.24) is 9.55 Å². The first-order valence-corrected chi connectivity index (χ1v) is 6.94. The molecular weight excluding hydrogens is 327 g/mol. The van der Waals surface area contributed by atoms with E-state index in [0.29, 0.717) is 14.9 Å². The van der Waals surface area contributed by atoms with Crippen molar-refractivity contribution in [2.45, 2.75) is 6.92 Å². The highest BCUT2D eigenvalue weighted by molar-refractivity contribution is 9.10. The Bertz CT molecular complexity index is 815. The van der Waals surface area contributed by atoms with Crippen LogP contribution in [0.2, 0.25) is 0 Å². The van der Waals surface area contributed by atoms with E-state index in [-0.39, 0.29) is 5.82 Å². The van der Waals surface area contributed by atoms with Gasteiger partial charge in [0.2, 0.25) is 0 Å². The van der Waals surface area contributed by atoms with Crippen molar-refractivity contribution in [2.75, 3.05) is 0 Å². The quantitative estimate of drug-likeness (QED) is 0.627. The maximum absolute atomic E-state index is 14.1. The van der Waals surface area contributed by atoms with Crippen LogP contribution in [0.4, 0.5) is 4.39 Å². The Balaban J connectivity index is 2.43. The molecule has 0 aliphatic carbocycles. The zero-order valence-corrected chi connectivity index (χ0v) is 12.5. The lowest BCUT2D eigenvalue weighted by molar-refractivity contribution is 0.617. The average molecular weight is 337 g/mol. The Kier molecular flexibility index (Phi) is 3.03. The molecule has 2 aromatic carbocycles. The molecule has 96 valence electrons. The van der Waals surface area contributed by atoms with Crippen LogP contribution in [-0.4, -0.2) is 9.55 Å². The third kappa shape index (κ3) is 2.03. The molecule has 0 amide bonds. The van der Waals surface area contributed by atoms with Gasteiger partial charge in [-0.15, -0.1) is 0 Å². The maximum atomic E-state index is 14.1. The number of aryl methyl sites for hydroxylation is 1. The van der Waals surface area contributed by atoms with Crippen molar-refractivity contribution in [3.63, 3.8) is 0 Å². The number of aromatic amines is 1. The van der Waals surface area contributed by atoms with Crippen molar-refractivity contribution in [2.24, 2.45) is 0 Å². The van der Waals surface area contributed by atoms with Crippen LogP contribution < -0.4 is 0 Å². The number of nitrogens with one attached hydrogen (secondary N) is 1. The molecule has 0 bridgehead atoms. The van der Waals surface area contributed by atoms with Crippen LogP contribution in [0, 0.1) is 17.5 Å². The fourth-order valence-corrected chi connectivity index (χ4v) is 2.97. The third-order valence-electron chi connectivity index (χ3n) is 3.00. The minimum Gasteiger partial charge on any atom is -0.330 e. The van der Waals surface area contributed by atoms with Gasteiger partial charge in [-0.1, -0.05) is 12.1 Å². The topological polar surface area (TPSA) is 20.7 Å². The Morgan fingerprint density at radius 2 is 2.05 bits per heavy atom. The number of fused-ring (bicyclic) bond motifs is 1. The zero-order valence-electron chi connectivity index (χ0n) is 10.1. The first kappa shape index (κ1) is 12.6. The van der Waals surface area contributed by atoms with E-state index >= 15 is 0 Å². The summed E-state index contributed by atoms with van der Waals surface area (Å²) in [6.45, 7) is 2.01. The van der Waals surface area contributed by atoms with Gasteiger partial charge in [0.05, 0.1) is 16.7 Å². The van der Waals surface area contributed by atoms with Crippen LogP contribution in [0.15, 0.2) is 40.9 Å². The third-order valence-corrected chi connectivity index (χ3v) is 3.92. The normalized spacial score (nSPS) is 11.1. The highest BCUT2D eigenvalue weighted by Crippen LogP contribution is 2.28. The number of para-hydroxylation sites is 1.